The molecule has 1 heterocycles. The SMILES string of the molecule is CCCC(C(=O)NCc1noc(C)n1)C(N)=S. The minimum Gasteiger partial charge on any atom is -0.393 e. The summed E-state index contributed by atoms with van der Waals surface area (Å²) in [5.74, 6) is 0.285. The van der Waals surface area contributed by atoms with E-state index in [2.05, 4.69) is 15.5 Å². The highest BCUT2D eigenvalue weighted by Gasteiger charge is 2.20. The molecule has 7 heteroatoms. The Bertz CT molecular complexity index is 405. The summed E-state index contributed by atoms with van der Waals surface area (Å²) in [6.07, 6.45) is 1.49. The second-order valence-electron chi connectivity index (χ2n) is 3.69. The molecule has 1 aromatic heterocycles. The van der Waals surface area contributed by atoms with Crippen LogP contribution in [0.3, 0.4) is 0 Å². The molecule has 0 aliphatic carbocycles. The first kappa shape index (κ1) is 13.6. The molecule has 1 amide bonds. The van der Waals surface area contributed by atoms with Crippen LogP contribution in [0.2, 0.25) is 0 Å². The highest BCUT2D eigenvalue weighted by molar-refractivity contribution is 7.80. The third-order valence-corrected chi connectivity index (χ3v) is 2.51. The van der Waals surface area contributed by atoms with E-state index in [4.69, 9.17) is 22.5 Å². The Morgan fingerprint density at radius 3 is 2.82 bits per heavy atom. The number of rotatable bonds is 6. The molecule has 0 saturated carbocycles. The van der Waals surface area contributed by atoms with Gasteiger partial charge < -0.3 is 15.6 Å². The van der Waals surface area contributed by atoms with Crippen molar-refractivity contribution >= 4 is 23.1 Å². The van der Waals surface area contributed by atoms with Gasteiger partial charge in [-0.3, -0.25) is 4.79 Å². The van der Waals surface area contributed by atoms with Crippen molar-refractivity contribution < 1.29 is 9.32 Å². The number of amides is 1. The van der Waals surface area contributed by atoms with Gasteiger partial charge in [0.2, 0.25) is 11.8 Å². The lowest BCUT2D eigenvalue weighted by atomic mass is 10.0. The number of aromatic nitrogens is 2. The topological polar surface area (TPSA) is 94.0 Å². The first-order valence-electron chi connectivity index (χ1n) is 5.40. The van der Waals surface area contributed by atoms with Gasteiger partial charge in [-0.1, -0.05) is 30.7 Å². The first-order valence-corrected chi connectivity index (χ1v) is 5.81. The molecular weight excluding hydrogens is 240 g/mol. The lowest BCUT2D eigenvalue weighted by Gasteiger charge is -2.13. The summed E-state index contributed by atoms with van der Waals surface area (Å²) in [7, 11) is 0. The Morgan fingerprint density at radius 1 is 1.65 bits per heavy atom. The number of thiocarbonyl (C=S) groups is 1. The van der Waals surface area contributed by atoms with Crippen molar-refractivity contribution in [3.8, 4) is 0 Å². The Kier molecular flexibility index (Phi) is 5.02. The maximum Gasteiger partial charge on any atom is 0.230 e. The van der Waals surface area contributed by atoms with Gasteiger partial charge in [-0.25, -0.2) is 0 Å². The average molecular weight is 256 g/mol. The fourth-order valence-corrected chi connectivity index (χ4v) is 1.62. The normalized spacial score (nSPS) is 12.1. The van der Waals surface area contributed by atoms with Crippen LogP contribution in [-0.4, -0.2) is 21.0 Å². The van der Waals surface area contributed by atoms with Gasteiger partial charge in [-0.15, -0.1) is 0 Å². The highest BCUT2D eigenvalue weighted by Crippen LogP contribution is 2.07. The first-order chi connectivity index (χ1) is 8.04. The third-order valence-electron chi connectivity index (χ3n) is 2.23. The summed E-state index contributed by atoms with van der Waals surface area (Å²) in [6.45, 7) is 3.88. The molecule has 0 bridgehead atoms. The number of hydrogen-bond donors (Lipinski definition) is 2. The second-order valence-corrected chi connectivity index (χ2v) is 4.16. The van der Waals surface area contributed by atoms with Gasteiger partial charge in [0.25, 0.3) is 0 Å². The number of hydrogen-bond acceptors (Lipinski definition) is 5. The Labute approximate surface area is 105 Å². The molecule has 0 fully saturated rings. The molecule has 0 aromatic carbocycles. The van der Waals surface area contributed by atoms with E-state index in [0.717, 1.165) is 6.42 Å². The predicted octanol–water partition coefficient (Wildman–Crippen LogP) is 0.697. The Hall–Kier alpha value is -1.50. The quantitative estimate of drug-likeness (QED) is 0.727. The number of carbonyl (C=O) groups excluding carboxylic acids is 1. The van der Waals surface area contributed by atoms with Crippen LogP contribution in [0.15, 0.2) is 4.52 Å². The van der Waals surface area contributed by atoms with E-state index in [1.165, 1.54) is 0 Å². The summed E-state index contributed by atoms with van der Waals surface area (Å²) in [4.78, 5) is 16.0. The maximum absolute atomic E-state index is 11.8. The molecule has 0 aliphatic heterocycles. The standard InChI is InChI=1S/C10H16N4O2S/c1-3-4-7(9(11)17)10(15)12-5-8-13-6(2)16-14-8/h7H,3-5H2,1-2H3,(H2,11,17)(H,12,15). The van der Waals surface area contributed by atoms with Crippen molar-refractivity contribution in [2.45, 2.75) is 33.2 Å². The van der Waals surface area contributed by atoms with Crippen LogP contribution in [0, 0.1) is 12.8 Å². The minimum atomic E-state index is -0.428. The number of nitrogens with zero attached hydrogens (tertiary/aromatic N) is 2. The molecule has 0 radical (unpaired) electrons. The van der Waals surface area contributed by atoms with Gasteiger partial charge in [0, 0.05) is 6.92 Å². The number of aryl methyl sites for hydroxylation is 1. The van der Waals surface area contributed by atoms with Gasteiger partial charge in [-0.05, 0) is 6.42 Å². The number of carbonyl (C=O) groups is 1. The van der Waals surface area contributed by atoms with Crippen molar-refractivity contribution in [2.75, 3.05) is 0 Å². The third kappa shape index (κ3) is 4.10. The molecule has 17 heavy (non-hydrogen) atoms. The van der Waals surface area contributed by atoms with E-state index in [1.54, 1.807) is 6.92 Å². The summed E-state index contributed by atoms with van der Waals surface area (Å²) in [5, 5.41) is 6.36. The van der Waals surface area contributed by atoms with Crippen molar-refractivity contribution in [3.05, 3.63) is 11.7 Å². The predicted molar refractivity (Wildman–Crippen MR) is 66.1 cm³/mol. The van der Waals surface area contributed by atoms with Gasteiger partial charge in [0.05, 0.1) is 17.5 Å². The van der Waals surface area contributed by atoms with Gasteiger partial charge in [0.15, 0.2) is 5.82 Å². The summed E-state index contributed by atoms with van der Waals surface area (Å²) in [5.41, 5.74) is 5.52. The van der Waals surface area contributed by atoms with E-state index >= 15 is 0 Å². The van der Waals surface area contributed by atoms with Crippen LogP contribution in [0.4, 0.5) is 0 Å². The van der Waals surface area contributed by atoms with Crippen LogP contribution in [-0.2, 0) is 11.3 Å². The molecule has 6 nitrogen and oxygen atoms in total. The molecule has 1 atom stereocenters. The van der Waals surface area contributed by atoms with Crippen LogP contribution >= 0.6 is 12.2 Å². The second kappa shape index (κ2) is 6.29. The van der Waals surface area contributed by atoms with Crippen LogP contribution in [0.5, 0.6) is 0 Å². The molecule has 0 saturated heterocycles. The molecule has 0 aliphatic rings. The fourth-order valence-electron chi connectivity index (χ4n) is 1.39. The molecule has 94 valence electrons. The molecular formula is C10H16N4O2S. The summed E-state index contributed by atoms with van der Waals surface area (Å²) >= 11 is 4.86. The van der Waals surface area contributed by atoms with Gasteiger partial charge in [0.1, 0.15) is 0 Å². The van der Waals surface area contributed by atoms with Crippen LogP contribution in [0.1, 0.15) is 31.5 Å². The van der Waals surface area contributed by atoms with Crippen molar-refractivity contribution in [1.29, 1.82) is 0 Å². The number of nitrogens with two attached hydrogens (primary N) is 1. The molecule has 3 N–H and O–H groups in total. The van der Waals surface area contributed by atoms with Crippen molar-refractivity contribution in [1.82, 2.24) is 15.5 Å². The zero-order valence-electron chi connectivity index (χ0n) is 9.90. The molecule has 0 spiro atoms. The highest BCUT2D eigenvalue weighted by atomic mass is 32.1. The van der Waals surface area contributed by atoms with Crippen molar-refractivity contribution in [3.63, 3.8) is 0 Å². The fraction of sp³-hybridized carbons (Fsp3) is 0.600. The monoisotopic (exact) mass is 256 g/mol. The summed E-state index contributed by atoms with van der Waals surface area (Å²) in [6, 6.07) is 0. The Morgan fingerprint density at radius 2 is 2.35 bits per heavy atom. The molecule has 1 unspecified atom stereocenters. The van der Waals surface area contributed by atoms with Crippen molar-refractivity contribution in [2.24, 2.45) is 11.7 Å². The molecule has 1 rings (SSSR count). The number of nitrogens with one attached hydrogen (secondary N) is 1. The smallest absolute Gasteiger partial charge is 0.230 e. The Balaban J connectivity index is 2.50. The van der Waals surface area contributed by atoms with E-state index in [0.29, 0.717) is 18.1 Å². The summed E-state index contributed by atoms with van der Waals surface area (Å²) < 4.78 is 4.79. The van der Waals surface area contributed by atoms with E-state index in [1.807, 2.05) is 6.92 Å². The molecule has 1 aromatic rings. The van der Waals surface area contributed by atoms with E-state index < -0.39 is 5.92 Å². The van der Waals surface area contributed by atoms with Gasteiger partial charge in [-0.2, -0.15) is 4.98 Å². The largest absolute Gasteiger partial charge is 0.393 e. The minimum absolute atomic E-state index is 0.193. The van der Waals surface area contributed by atoms with E-state index in [-0.39, 0.29) is 17.4 Å². The zero-order valence-corrected chi connectivity index (χ0v) is 10.7. The van der Waals surface area contributed by atoms with Crippen LogP contribution in [0.25, 0.3) is 0 Å². The van der Waals surface area contributed by atoms with Gasteiger partial charge >= 0.3 is 0 Å². The lowest BCUT2D eigenvalue weighted by molar-refractivity contribution is -0.123. The van der Waals surface area contributed by atoms with E-state index in [9.17, 15) is 4.79 Å². The average Bonchev–Trinajstić information content (AvgIpc) is 2.68. The maximum atomic E-state index is 11.8. The lowest BCUT2D eigenvalue weighted by Crippen LogP contribution is -2.37. The zero-order chi connectivity index (χ0) is 12.8. The van der Waals surface area contributed by atoms with Crippen LogP contribution < -0.4 is 11.1 Å².